The van der Waals surface area contributed by atoms with Crippen LogP contribution < -0.4 is 4.74 Å². The number of hydrogen-bond acceptors (Lipinski definition) is 5. The lowest BCUT2D eigenvalue weighted by atomic mass is 10.2. The average Bonchev–Trinajstić information content (AvgIpc) is 2.88. The van der Waals surface area contributed by atoms with E-state index in [1.165, 1.54) is 12.1 Å². The second-order valence-electron chi connectivity index (χ2n) is 4.23. The molecule has 2 aromatic heterocycles. The summed E-state index contributed by atoms with van der Waals surface area (Å²) in [7, 11) is 0. The van der Waals surface area contributed by atoms with Crippen LogP contribution in [0.5, 0.6) is 11.5 Å². The van der Waals surface area contributed by atoms with Crippen molar-refractivity contribution in [2.45, 2.75) is 6.92 Å². The molecule has 3 rings (SSSR count). The summed E-state index contributed by atoms with van der Waals surface area (Å²) in [6.07, 6.45) is 4.94. The fourth-order valence-corrected chi connectivity index (χ4v) is 1.84. The highest BCUT2D eigenvalue weighted by molar-refractivity contribution is 5.47. The molecule has 0 saturated carbocycles. The van der Waals surface area contributed by atoms with Crippen molar-refractivity contribution in [3.63, 3.8) is 0 Å². The van der Waals surface area contributed by atoms with E-state index in [-0.39, 0.29) is 5.69 Å². The zero-order chi connectivity index (χ0) is 14.1. The molecule has 0 atom stereocenters. The molecular formula is C13H10N4O3. The van der Waals surface area contributed by atoms with Gasteiger partial charge in [0.15, 0.2) is 11.4 Å². The number of nitro groups is 1. The number of ether oxygens (including phenoxy) is 1. The summed E-state index contributed by atoms with van der Waals surface area (Å²) in [6.45, 7) is 1.75. The Balaban J connectivity index is 1.92. The van der Waals surface area contributed by atoms with Gasteiger partial charge in [0.2, 0.25) is 0 Å². The first-order chi connectivity index (χ1) is 9.63. The Labute approximate surface area is 113 Å². The Hall–Kier alpha value is -2.96. The van der Waals surface area contributed by atoms with Crippen molar-refractivity contribution in [2.24, 2.45) is 0 Å². The van der Waals surface area contributed by atoms with Gasteiger partial charge in [0.25, 0.3) is 5.69 Å². The molecule has 1 aromatic carbocycles. The maximum absolute atomic E-state index is 10.7. The number of imidazole rings is 1. The van der Waals surface area contributed by atoms with Crippen molar-refractivity contribution in [1.82, 2.24) is 14.6 Å². The molecule has 0 fully saturated rings. The highest BCUT2D eigenvalue weighted by Crippen LogP contribution is 2.27. The van der Waals surface area contributed by atoms with E-state index >= 15 is 0 Å². The minimum absolute atomic E-state index is 0.0386. The first-order valence-electron chi connectivity index (χ1n) is 5.86. The standard InChI is InChI=1S/C13H10N4O3/c1-9-6-10(17(18)19)2-3-12(9)20-11-7-13-14-4-5-16(13)15-8-11/h2-8H,1H3. The molecule has 0 spiro atoms. The first kappa shape index (κ1) is 12.1. The van der Waals surface area contributed by atoms with Crippen molar-refractivity contribution in [3.8, 4) is 11.5 Å². The summed E-state index contributed by atoms with van der Waals surface area (Å²) in [6, 6.07) is 6.19. The number of aryl methyl sites for hydroxylation is 1. The van der Waals surface area contributed by atoms with Gasteiger partial charge in [-0.2, -0.15) is 5.10 Å². The Morgan fingerprint density at radius 3 is 2.95 bits per heavy atom. The molecule has 100 valence electrons. The van der Waals surface area contributed by atoms with Crippen LogP contribution in [0.3, 0.4) is 0 Å². The van der Waals surface area contributed by atoms with Crippen LogP contribution in [0, 0.1) is 17.0 Å². The summed E-state index contributed by atoms with van der Waals surface area (Å²) in [5.74, 6) is 1.08. The summed E-state index contributed by atoms with van der Waals surface area (Å²) in [4.78, 5) is 14.4. The summed E-state index contributed by atoms with van der Waals surface area (Å²) in [5.41, 5.74) is 1.39. The van der Waals surface area contributed by atoms with Gasteiger partial charge in [0.1, 0.15) is 5.75 Å². The van der Waals surface area contributed by atoms with Gasteiger partial charge in [0.05, 0.1) is 11.1 Å². The molecule has 0 aliphatic rings. The third-order valence-corrected chi connectivity index (χ3v) is 2.83. The Bertz CT molecular complexity index is 797. The third-order valence-electron chi connectivity index (χ3n) is 2.83. The van der Waals surface area contributed by atoms with Gasteiger partial charge >= 0.3 is 0 Å². The van der Waals surface area contributed by atoms with Crippen LogP contribution in [0.1, 0.15) is 5.56 Å². The summed E-state index contributed by atoms with van der Waals surface area (Å²) >= 11 is 0. The van der Waals surface area contributed by atoms with E-state index in [1.807, 2.05) is 0 Å². The molecule has 0 aliphatic carbocycles. The second-order valence-corrected chi connectivity index (χ2v) is 4.23. The molecule has 0 radical (unpaired) electrons. The zero-order valence-electron chi connectivity index (χ0n) is 10.6. The van der Waals surface area contributed by atoms with Crippen molar-refractivity contribution in [3.05, 3.63) is 58.5 Å². The largest absolute Gasteiger partial charge is 0.455 e. The molecule has 7 heteroatoms. The third kappa shape index (κ3) is 2.16. The fraction of sp³-hybridized carbons (Fsp3) is 0.0769. The van der Waals surface area contributed by atoms with E-state index in [1.54, 1.807) is 42.2 Å². The van der Waals surface area contributed by atoms with E-state index in [9.17, 15) is 10.1 Å². The summed E-state index contributed by atoms with van der Waals surface area (Å²) < 4.78 is 7.30. The van der Waals surface area contributed by atoms with Crippen LogP contribution in [0.4, 0.5) is 5.69 Å². The molecule has 0 N–H and O–H groups in total. The molecule has 7 nitrogen and oxygen atoms in total. The molecule has 3 aromatic rings. The molecule has 0 saturated heterocycles. The van der Waals surface area contributed by atoms with Crippen molar-refractivity contribution < 1.29 is 9.66 Å². The Morgan fingerprint density at radius 2 is 2.20 bits per heavy atom. The van der Waals surface area contributed by atoms with E-state index in [2.05, 4.69) is 10.1 Å². The first-order valence-corrected chi connectivity index (χ1v) is 5.86. The zero-order valence-corrected chi connectivity index (χ0v) is 10.6. The number of hydrogen-bond donors (Lipinski definition) is 0. The molecular weight excluding hydrogens is 260 g/mol. The van der Waals surface area contributed by atoms with Gasteiger partial charge in [-0.1, -0.05) is 0 Å². The highest BCUT2D eigenvalue weighted by Gasteiger charge is 2.10. The van der Waals surface area contributed by atoms with Gasteiger partial charge in [-0.25, -0.2) is 9.50 Å². The second kappa shape index (κ2) is 4.61. The Kier molecular flexibility index (Phi) is 2.79. The highest BCUT2D eigenvalue weighted by atomic mass is 16.6. The van der Waals surface area contributed by atoms with Crippen molar-refractivity contribution in [2.75, 3.05) is 0 Å². The van der Waals surface area contributed by atoms with E-state index < -0.39 is 4.92 Å². The minimum Gasteiger partial charge on any atom is -0.455 e. The van der Waals surface area contributed by atoms with Gasteiger partial charge in [0, 0.05) is 30.6 Å². The maximum atomic E-state index is 10.7. The lowest BCUT2D eigenvalue weighted by molar-refractivity contribution is -0.384. The minimum atomic E-state index is -0.436. The predicted molar refractivity (Wildman–Crippen MR) is 70.9 cm³/mol. The normalized spacial score (nSPS) is 10.7. The van der Waals surface area contributed by atoms with E-state index in [0.29, 0.717) is 22.7 Å². The van der Waals surface area contributed by atoms with Gasteiger partial charge in [-0.3, -0.25) is 10.1 Å². The van der Waals surface area contributed by atoms with E-state index in [0.717, 1.165) is 0 Å². The molecule has 0 bridgehead atoms. The van der Waals surface area contributed by atoms with Crippen LogP contribution in [-0.2, 0) is 0 Å². The number of rotatable bonds is 3. The number of aromatic nitrogens is 3. The number of fused-ring (bicyclic) bond motifs is 1. The van der Waals surface area contributed by atoms with Crippen LogP contribution in [0.2, 0.25) is 0 Å². The number of nitro benzene ring substituents is 1. The number of non-ortho nitro benzene ring substituents is 1. The van der Waals surface area contributed by atoms with Crippen molar-refractivity contribution in [1.29, 1.82) is 0 Å². The molecule has 0 aliphatic heterocycles. The monoisotopic (exact) mass is 270 g/mol. The van der Waals surface area contributed by atoms with Gasteiger partial charge < -0.3 is 4.74 Å². The molecule has 20 heavy (non-hydrogen) atoms. The molecule has 0 amide bonds. The van der Waals surface area contributed by atoms with Crippen LogP contribution in [0.15, 0.2) is 42.9 Å². The van der Waals surface area contributed by atoms with Crippen LogP contribution >= 0.6 is 0 Å². The summed E-state index contributed by atoms with van der Waals surface area (Å²) in [5, 5.41) is 14.8. The van der Waals surface area contributed by atoms with Gasteiger partial charge in [-0.15, -0.1) is 0 Å². The van der Waals surface area contributed by atoms with Crippen LogP contribution in [-0.4, -0.2) is 19.5 Å². The maximum Gasteiger partial charge on any atom is 0.269 e. The predicted octanol–water partition coefficient (Wildman–Crippen LogP) is 2.74. The smallest absolute Gasteiger partial charge is 0.269 e. The van der Waals surface area contributed by atoms with E-state index in [4.69, 9.17) is 4.74 Å². The van der Waals surface area contributed by atoms with Crippen LogP contribution in [0.25, 0.3) is 5.65 Å². The lowest BCUT2D eigenvalue weighted by Gasteiger charge is -2.08. The lowest BCUT2D eigenvalue weighted by Crippen LogP contribution is -1.94. The SMILES string of the molecule is Cc1cc([N+](=O)[O-])ccc1Oc1cnn2ccnc2c1. The quantitative estimate of drug-likeness (QED) is 0.539. The average molecular weight is 270 g/mol. The van der Waals surface area contributed by atoms with Gasteiger partial charge in [-0.05, 0) is 18.6 Å². The fourth-order valence-electron chi connectivity index (χ4n) is 1.84. The Morgan fingerprint density at radius 1 is 1.35 bits per heavy atom. The number of benzene rings is 1. The molecule has 2 heterocycles. The number of nitrogens with zero attached hydrogens (tertiary/aromatic N) is 4. The van der Waals surface area contributed by atoms with Crippen molar-refractivity contribution >= 4 is 11.3 Å². The molecule has 0 unspecified atom stereocenters. The topological polar surface area (TPSA) is 82.6 Å².